The van der Waals surface area contributed by atoms with Gasteiger partial charge in [-0.1, -0.05) is 12.1 Å². The zero-order valence-corrected chi connectivity index (χ0v) is 8.37. The van der Waals surface area contributed by atoms with Crippen molar-refractivity contribution in [3.8, 4) is 0 Å². The number of aromatic amines is 1. The summed E-state index contributed by atoms with van der Waals surface area (Å²) in [6, 6.07) is 5.55. The van der Waals surface area contributed by atoms with Gasteiger partial charge in [0.1, 0.15) is 0 Å². The fourth-order valence-electron chi connectivity index (χ4n) is 1.74. The lowest BCUT2D eigenvalue weighted by Gasteiger charge is -2.03. The Labute approximate surface area is 86.0 Å². The van der Waals surface area contributed by atoms with E-state index in [0.29, 0.717) is 6.42 Å². The fraction of sp³-hybridized carbons (Fsp3) is 0.200. The molecule has 1 aromatic carbocycles. The van der Waals surface area contributed by atoms with Crippen molar-refractivity contribution < 1.29 is 0 Å². The van der Waals surface area contributed by atoms with Crippen LogP contribution in [0.25, 0.3) is 11.0 Å². The summed E-state index contributed by atoms with van der Waals surface area (Å²) in [6.45, 7) is 0. The minimum Gasteiger partial charge on any atom is -0.387 e. The van der Waals surface area contributed by atoms with E-state index in [9.17, 15) is 4.79 Å². The molecule has 5 heteroatoms. The number of amidine groups is 1. The van der Waals surface area contributed by atoms with Gasteiger partial charge in [0.2, 0.25) is 0 Å². The number of aryl methyl sites for hydroxylation is 1. The van der Waals surface area contributed by atoms with Crippen molar-refractivity contribution in [1.29, 1.82) is 5.41 Å². The molecule has 1 heterocycles. The molecule has 0 aliphatic heterocycles. The number of rotatable bonds is 2. The van der Waals surface area contributed by atoms with Gasteiger partial charge in [-0.25, -0.2) is 4.79 Å². The van der Waals surface area contributed by atoms with Crippen molar-refractivity contribution in [2.75, 3.05) is 0 Å². The fourth-order valence-corrected chi connectivity index (χ4v) is 1.74. The first-order chi connectivity index (χ1) is 7.09. The van der Waals surface area contributed by atoms with Crippen LogP contribution in [0.2, 0.25) is 0 Å². The monoisotopic (exact) mass is 204 g/mol. The van der Waals surface area contributed by atoms with Crippen LogP contribution in [0, 0.1) is 5.41 Å². The number of H-pyrrole nitrogens is 1. The quantitative estimate of drug-likeness (QED) is 0.486. The highest BCUT2D eigenvalue weighted by Gasteiger charge is 2.08. The van der Waals surface area contributed by atoms with Crippen LogP contribution in [0.5, 0.6) is 0 Å². The van der Waals surface area contributed by atoms with E-state index in [2.05, 4.69) is 4.98 Å². The molecule has 78 valence electrons. The Morgan fingerprint density at radius 3 is 3.00 bits per heavy atom. The van der Waals surface area contributed by atoms with Gasteiger partial charge in [0.15, 0.2) is 0 Å². The number of hydrogen-bond donors (Lipinski definition) is 3. The Kier molecular flexibility index (Phi) is 2.07. The van der Waals surface area contributed by atoms with Crippen molar-refractivity contribution >= 4 is 16.9 Å². The number of nitrogens with zero attached hydrogens (tertiary/aromatic N) is 1. The Morgan fingerprint density at radius 1 is 1.60 bits per heavy atom. The van der Waals surface area contributed by atoms with Crippen LogP contribution in [0.4, 0.5) is 0 Å². The minimum atomic E-state index is -0.152. The number of para-hydroxylation sites is 1. The summed E-state index contributed by atoms with van der Waals surface area (Å²) in [6.07, 6.45) is 0.364. The largest absolute Gasteiger partial charge is 0.387 e. The Morgan fingerprint density at radius 2 is 2.33 bits per heavy atom. The molecule has 0 bridgehead atoms. The number of nitrogens with two attached hydrogens (primary N) is 1. The van der Waals surface area contributed by atoms with Crippen LogP contribution in [0.15, 0.2) is 23.0 Å². The SMILES string of the molecule is Cn1c(=O)[nH]c2cccc(CC(=N)N)c21. The van der Waals surface area contributed by atoms with Crippen molar-refractivity contribution in [3.05, 3.63) is 34.2 Å². The zero-order chi connectivity index (χ0) is 11.0. The molecule has 4 N–H and O–H groups in total. The van der Waals surface area contributed by atoms with Crippen molar-refractivity contribution in [3.63, 3.8) is 0 Å². The normalized spacial score (nSPS) is 10.7. The first-order valence-corrected chi connectivity index (χ1v) is 4.59. The maximum absolute atomic E-state index is 11.4. The van der Waals surface area contributed by atoms with Gasteiger partial charge in [0, 0.05) is 13.5 Å². The third-order valence-corrected chi connectivity index (χ3v) is 2.38. The van der Waals surface area contributed by atoms with Crippen molar-refractivity contribution in [2.24, 2.45) is 12.8 Å². The Hall–Kier alpha value is -2.04. The highest BCUT2D eigenvalue weighted by molar-refractivity contribution is 5.86. The van der Waals surface area contributed by atoms with E-state index in [1.807, 2.05) is 18.2 Å². The van der Waals surface area contributed by atoms with Gasteiger partial charge in [0.25, 0.3) is 0 Å². The smallest absolute Gasteiger partial charge is 0.326 e. The predicted octanol–water partition coefficient (Wildman–Crippen LogP) is 0.345. The van der Waals surface area contributed by atoms with Gasteiger partial charge in [-0.3, -0.25) is 9.98 Å². The minimum absolute atomic E-state index is 0.0937. The van der Waals surface area contributed by atoms with E-state index in [4.69, 9.17) is 11.1 Å². The summed E-state index contributed by atoms with van der Waals surface area (Å²) < 4.78 is 1.54. The van der Waals surface area contributed by atoms with Crippen LogP contribution in [0.1, 0.15) is 5.56 Å². The number of aromatic nitrogens is 2. The summed E-state index contributed by atoms with van der Waals surface area (Å²) in [5, 5.41) is 7.26. The van der Waals surface area contributed by atoms with E-state index in [0.717, 1.165) is 16.6 Å². The molecule has 5 nitrogen and oxygen atoms in total. The van der Waals surface area contributed by atoms with Crippen molar-refractivity contribution in [2.45, 2.75) is 6.42 Å². The molecule has 2 rings (SSSR count). The first-order valence-electron chi connectivity index (χ1n) is 4.59. The lowest BCUT2D eigenvalue weighted by molar-refractivity contribution is 0.887. The van der Waals surface area contributed by atoms with E-state index in [1.165, 1.54) is 4.57 Å². The lowest BCUT2D eigenvalue weighted by Crippen LogP contribution is -2.15. The molecule has 15 heavy (non-hydrogen) atoms. The molecule has 0 amide bonds. The maximum atomic E-state index is 11.4. The maximum Gasteiger partial charge on any atom is 0.326 e. The van der Waals surface area contributed by atoms with Crippen LogP contribution < -0.4 is 11.4 Å². The number of fused-ring (bicyclic) bond motifs is 1. The topological polar surface area (TPSA) is 87.7 Å². The molecule has 0 spiro atoms. The average Bonchev–Trinajstić information content (AvgIpc) is 2.43. The predicted molar refractivity (Wildman–Crippen MR) is 59.2 cm³/mol. The molecular weight excluding hydrogens is 192 g/mol. The third-order valence-electron chi connectivity index (χ3n) is 2.38. The van der Waals surface area contributed by atoms with Gasteiger partial charge in [-0.05, 0) is 11.6 Å². The van der Waals surface area contributed by atoms with Crippen LogP contribution in [-0.2, 0) is 13.5 Å². The van der Waals surface area contributed by atoms with Gasteiger partial charge in [-0.15, -0.1) is 0 Å². The molecule has 0 radical (unpaired) electrons. The van der Waals surface area contributed by atoms with E-state index in [1.54, 1.807) is 7.05 Å². The molecule has 0 saturated carbocycles. The summed E-state index contributed by atoms with van der Waals surface area (Å²) in [5.74, 6) is 0.0937. The summed E-state index contributed by atoms with van der Waals surface area (Å²) in [4.78, 5) is 14.1. The molecule has 0 aliphatic carbocycles. The highest BCUT2D eigenvalue weighted by atomic mass is 16.1. The van der Waals surface area contributed by atoms with E-state index < -0.39 is 0 Å². The lowest BCUT2D eigenvalue weighted by atomic mass is 10.1. The molecule has 0 aliphatic rings. The second-order valence-corrected chi connectivity index (χ2v) is 3.50. The molecule has 1 aromatic heterocycles. The molecular formula is C10H12N4O. The van der Waals surface area contributed by atoms with Gasteiger partial charge >= 0.3 is 5.69 Å². The molecule has 0 unspecified atom stereocenters. The summed E-state index contributed by atoms with van der Waals surface area (Å²) >= 11 is 0. The van der Waals surface area contributed by atoms with Crippen LogP contribution in [-0.4, -0.2) is 15.4 Å². The van der Waals surface area contributed by atoms with E-state index >= 15 is 0 Å². The molecule has 0 saturated heterocycles. The second-order valence-electron chi connectivity index (χ2n) is 3.50. The Balaban J connectivity index is 2.74. The third kappa shape index (κ3) is 1.52. The number of benzene rings is 1. The van der Waals surface area contributed by atoms with Crippen LogP contribution in [0.3, 0.4) is 0 Å². The average molecular weight is 204 g/mol. The number of nitrogens with one attached hydrogen (secondary N) is 2. The summed E-state index contributed by atoms with van der Waals surface area (Å²) in [5.41, 5.74) is 7.69. The zero-order valence-electron chi connectivity index (χ0n) is 8.37. The molecule has 0 fully saturated rings. The first kappa shape index (κ1) is 9.51. The number of imidazole rings is 1. The van der Waals surface area contributed by atoms with Gasteiger partial charge < -0.3 is 10.7 Å². The Bertz CT molecular complexity index is 579. The number of hydrogen-bond acceptors (Lipinski definition) is 2. The van der Waals surface area contributed by atoms with Crippen LogP contribution >= 0.6 is 0 Å². The standard InChI is InChI=1S/C10H12N4O/c1-14-9-6(5-8(11)12)3-2-4-7(9)13-10(14)15/h2-4H,5H2,1H3,(H3,11,12)(H,13,15). The van der Waals surface area contributed by atoms with Gasteiger partial charge in [0.05, 0.1) is 16.9 Å². The van der Waals surface area contributed by atoms with E-state index in [-0.39, 0.29) is 11.5 Å². The summed E-state index contributed by atoms with van der Waals surface area (Å²) in [7, 11) is 1.70. The highest BCUT2D eigenvalue weighted by Crippen LogP contribution is 2.15. The second kappa shape index (κ2) is 3.27. The van der Waals surface area contributed by atoms with Gasteiger partial charge in [-0.2, -0.15) is 0 Å². The van der Waals surface area contributed by atoms with Crippen molar-refractivity contribution in [1.82, 2.24) is 9.55 Å². The molecule has 2 aromatic rings. The molecule has 0 atom stereocenters.